The van der Waals surface area contributed by atoms with Crippen LogP contribution in [0.25, 0.3) is 0 Å². The van der Waals surface area contributed by atoms with Crippen LogP contribution in [0.4, 0.5) is 5.13 Å². The lowest BCUT2D eigenvalue weighted by Gasteiger charge is -2.14. The minimum atomic E-state index is -0.587. The van der Waals surface area contributed by atoms with E-state index >= 15 is 0 Å². The van der Waals surface area contributed by atoms with E-state index in [2.05, 4.69) is 24.1 Å². The number of hydrogen-bond donors (Lipinski definition) is 1. The van der Waals surface area contributed by atoms with Crippen LogP contribution in [0.1, 0.15) is 37.9 Å². The van der Waals surface area contributed by atoms with E-state index in [1.54, 1.807) is 6.92 Å². The van der Waals surface area contributed by atoms with Gasteiger partial charge in [0.25, 0.3) is 5.91 Å². The number of carbonyl (C=O) groups excluding carboxylic acids is 1. The molecule has 130 valence electrons. The SMILES string of the molecule is CC(Oc1ccc(C(C)C)cc1)C(=O)Nc1nc(CN(C)C)cs1. The number of thiazole rings is 1. The van der Waals surface area contributed by atoms with Gasteiger partial charge >= 0.3 is 0 Å². The van der Waals surface area contributed by atoms with Gasteiger partial charge in [-0.1, -0.05) is 26.0 Å². The van der Waals surface area contributed by atoms with Crippen LogP contribution in [0.15, 0.2) is 29.6 Å². The van der Waals surface area contributed by atoms with Crippen molar-refractivity contribution in [3.8, 4) is 5.75 Å². The summed E-state index contributed by atoms with van der Waals surface area (Å²) in [6.45, 7) is 6.77. The number of carbonyl (C=O) groups is 1. The number of ether oxygens (including phenoxy) is 1. The zero-order chi connectivity index (χ0) is 17.7. The lowest BCUT2D eigenvalue weighted by molar-refractivity contribution is -0.122. The molecule has 1 amide bonds. The van der Waals surface area contributed by atoms with Crippen LogP contribution in [0.5, 0.6) is 5.75 Å². The van der Waals surface area contributed by atoms with Gasteiger partial charge in [-0.15, -0.1) is 11.3 Å². The number of rotatable bonds is 7. The Hall–Kier alpha value is -1.92. The Morgan fingerprint density at radius 2 is 1.92 bits per heavy atom. The normalized spacial score (nSPS) is 12.5. The standard InChI is InChI=1S/C18H25N3O2S/c1-12(2)14-6-8-16(9-7-14)23-13(3)17(22)20-18-19-15(11-24-18)10-21(4)5/h6-9,11-13H,10H2,1-5H3,(H,19,20,22). The quantitative estimate of drug-likeness (QED) is 0.829. The van der Waals surface area contributed by atoms with Gasteiger partial charge in [-0.25, -0.2) is 4.98 Å². The first-order valence-electron chi connectivity index (χ1n) is 8.01. The molecule has 1 aromatic heterocycles. The third-order valence-corrected chi connectivity index (χ3v) is 4.30. The molecule has 0 saturated carbocycles. The number of hydrogen-bond acceptors (Lipinski definition) is 5. The Morgan fingerprint density at radius 3 is 2.50 bits per heavy atom. The van der Waals surface area contributed by atoms with Crippen LogP contribution < -0.4 is 10.1 Å². The molecule has 0 aliphatic rings. The summed E-state index contributed by atoms with van der Waals surface area (Å²) >= 11 is 1.42. The van der Waals surface area contributed by atoms with Crippen molar-refractivity contribution in [1.82, 2.24) is 9.88 Å². The number of nitrogens with one attached hydrogen (secondary N) is 1. The van der Waals surface area contributed by atoms with Crippen molar-refractivity contribution in [1.29, 1.82) is 0 Å². The molecule has 1 N–H and O–H groups in total. The molecule has 5 nitrogen and oxygen atoms in total. The van der Waals surface area contributed by atoms with Crippen molar-refractivity contribution in [3.63, 3.8) is 0 Å². The summed E-state index contributed by atoms with van der Waals surface area (Å²) in [6.07, 6.45) is -0.587. The summed E-state index contributed by atoms with van der Waals surface area (Å²) in [5, 5.41) is 5.36. The van der Waals surface area contributed by atoms with Crippen LogP contribution in [0.3, 0.4) is 0 Å². The summed E-state index contributed by atoms with van der Waals surface area (Å²) in [5.74, 6) is 0.962. The molecule has 1 aromatic carbocycles. The first-order valence-corrected chi connectivity index (χ1v) is 8.89. The van der Waals surface area contributed by atoms with Crippen LogP contribution in [-0.2, 0) is 11.3 Å². The minimum Gasteiger partial charge on any atom is -0.481 e. The smallest absolute Gasteiger partial charge is 0.266 e. The summed E-state index contributed by atoms with van der Waals surface area (Å²) < 4.78 is 5.71. The third kappa shape index (κ3) is 5.32. The third-order valence-electron chi connectivity index (χ3n) is 3.49. The average molecular weight is 347 g/mol. The second-order valence-corrected chi connectivity index (χ2v) is 7.21. The molecule has 0 bridgehead atoms. The zero-order valence-electron chi connectivity index (χ0n) is 14.9. The number of nitrogens with zero attached hydrogens (tertiary/aromatic N) is 2. The van der Waals surface area contributed by atoms with Crippen LogP contribution in [0, 0.1) is 0 Å². The van der Waals surface area contributed by atoms with E-state index in [9.17, 15) is 4.79 Å². The molecule has 1 atom stereocenters. The molecule has 2 rings (SSSR count). The molecule has 24 heavy (non-hydrogen) atoms. The Labute approximate surface area is 147 Å². The van der Waals surface area contributed by atoms with Crippen molar-refractivity contribution in [3.05, 3.63) is 40.9 Å². The second-order valence-electron chi connectivity index (χ2n) is 6.35. The summed E-state index contributed by atoms with van der Waals surface area (Å²) in [5.41, 5.74) is 2.19. The second kappa shape index (κ2) is 8.26. The number of benzene rings is 1. The van der Waals surface area contributed by atoms with Gasteiger partial charge in [0, 0.05) is 11.9 Å². The molecule has 0 saturated heterocycles. The fourth-order valence-electron chi connectivity index (χ4n) is 2.16. The molecule has 0 aliphatic heterocycles. The van der Waals surface area contributed by atoms with Crippen LogP contribution in [0.2, 0.25) is 0 Å². The molecular weight excluding hydrogens is 322 g/mol. The molecule has 1 heterocycles. The molecule has 1 unspecified atom stereocenters. The first-order chi connectivity index (χ1) is 11.3. The largest absolute Gasteiger partial charge is 0.481 e. The van der Waals surface area contributed by atoms with Gasteiger partial charge in [0.2, 0.25) is 0 Å². The van der Waals surface area contributed by atoms with Gasteiger partial charge in [0.05, 0.1) is 5.69 Å². The molecule has 0 spiro atoms. The van der Waals surface area contributed by atoms with E-state index in [1.807, 2.05) is 48.6 Å². The number of anilines is 1. The molecule has 2 aromatic rings. The topological polar surface area (TPSA) is 54.5 Å². The van der Waals surface area contributed by atoms with Crippen molar-refractivity contribution >= 4 is 22.4 Å². The van der Waals surface area contributed by atoms with Gasteiger partial charge in [-0.05, 0) is 44.6 Å². The summed E-state index contributed by atoms with van der Waals surface area (Å²) in [7, 11) is 3.97. The van der Waals surface area contributed by atoms with E-state index in [-0.39, 0.29) is 5.91 Å². The van der Waals surface area contributed by atoms with E-state index in [0.29, 0.717) is 16.8 Å². The lowest BCUT2D eigenvalue weighted by Crippen LogP contribution is -2.30. The van der Waals surface area contributed by atoms with Crippen molar-refractivity contribution in [2.24, 2.45) is 0 Å². The lowest BCUT2D eigenvalue weighted by atomic mass is 10.0. The maximum atomic E-state index is 12.2. The highest BCUT2D eigenvalue weighted by Gasteiger charge is 2.16. The Balaban J connectivity index is 1.90. The predicted molar refractivity (Wildman–Crippen MR) is 98.8 cm³/mol. The van der Waals surface area contributed by atoms with E-state index < -0.39 is 6.10 Å². The highest BCUT2D eigenvalue weighted by molar-refractivity contribution is 7.13. The molecule has 0 fully saturated rings. The molecule has 6 heteroatoms. The predicted octanol–water partition coefficient (Wildman–Crippen LogP) is 3.73. The summed E-state index contributed by atoms with van der Waals surface area (Å²) in [4.78, 5) is 18.7. The fraction of sp³-hybridized carbons (Fsp3) is 0.444. The van der Waals surface area contributed by atoms with Gasteiger partial charge in [-0.2, -0.15) is 0 Å². The minimum absolute atomic E-state index is 0.200. The monoisotopic (exact) mass is 347 g/mol. The average Bonchev–Trinajstić information content (AvgIpc) is 2.93. The van der Waals surface area contributed by atoms with Crippen molar-refractivity contribution in [2.75, 3.05) is 19.4 Å². The first kappa shape index (κ1) is 18.4. The zero-order valence-corrected chi connectivity index (χ0v) is 15.7. The maximum Gasteiger partial charge on any atom is 0.266 e. The Kier molecular flexibility index (Phi) is 6.34. The summed E-state index contributed by atoms with van der Waals surface area (Å²) in [6, 6.07) is 7.85. The van der Waals surface area contributed by atoms with Crippen LogP contribution >= 0.6 is 11.3 Å². The van der Waals surface area contributed by atoms with Crippen LogP contribution in [-0.4, -0.2) is 36.0 Å². The van der Waals surface area contributed by atoms with Gasteiger partial charge in [-0.3, -0.25) is 10.1 Å². The van der Waals surface area contributed by atoms with E-state index in [1.165, 1.54) is 16.9 Å². The van der Waals surface area contributed by atoms with Gasteiger partial charge < -0.3 is 9.64 Å². The molecule has 0 aliphatic carbocycles. The van der Waals surface area contributed by atoms with Gasteiger partial charge in [0.15, 0.2) is 11.2 Å². The Bertz CT molecular complexity index is 665. The molecular formula is C18H25N3O2S. The Morgan fingerprint density at radius 1 is 1.25 bits per heavy atom. The van der Waals surface area contributed by atoms with Crippen molar-refractivity contribution < 1.29 is 9.53 Å². The highest BCUT2D eigenvalue weighted by Crippen LogP contribution is 2.20. The van der Waals surface area contributed by atoms with Crippen molar-refractivity contribution in [2.45, 2.75) is 39.3 Å². The number of amides is 1. The van der Waals surface area contributed by atoms with E-state index in [0.717, 1.165) is 12.2 Å². The fourth-order valence-corrected chi connectivity index (χ4v) is 2.86. The van der Waals surface area contributed by atoms with E-state index in [4.69, 9.17) is 4.74 Å². The van der Waals surface area contributed by atoms with Gasteiger partial charge in [0.1, 0.15) is 5.75 Å². The maximum absolute atomic E-state index is 12.2. The number of aromatic nitrogens is 1. The molecule has 0 radical (unpaired) electrons. The highest BCUT2D eigenvalue weighted by atomic mass is 32.1.